The van der Waals surface area contributed by atoms with Crippen LogP contribution in [-0.2, 0) is 0 Å². The predicted molar refractivity (Wildman–Crippen MR) is 76.3 cm³/mol. The standard InChI is InChI=1S/C14H12BrClO3/c1-8-9(2-3-17-8)14(16)10-6-12-13(7-11(10)15)19-5-4-18-12/h2-3,6-7,14H,4-5H2,1H3. The van der Waals surface area contributed by atoms with Crippen LogP contribution < -0.4 is 9.47 Å². The van der Waals surface area contributed by atoms with Crippen molar-refractivity contribution < 1.29 is 13.9 Å². The summed E-state index contributed by atoms with van der Waals surface area (Å²) in [4.78, 5) is 0. The fraction of sp³-hybridized carbons (Fsp3) is 0.286. The summed E-state index contributed by atoms with van der Waals surface area (Å²) in [6, 6.07) is 5.70. The molecule has 0 saturated carbocycles. The van der Waals surface area contributed by atoms with Gasteiger partial charge in [0.05, 0.1) is 11.6 Å². The normalized spacial score (nSPS) is 15.3. The van der Waals surface area contributed by atoms with Crippen molar-refractivity contribution in [3.63, 3.8) is 0 Å². The maximum absolute atomic E-state index is 6.54. The minimum absolute atomic E-state index is 0.288. The minimum atomic E-state index is -0.288. The smallest absolute Gasteiger partial charge is 0.162 e. The van der Waals surface area contributed by atoms with Crippen LogP contribution in [-0.4, -0.2) is 13.2 Å². The summed E-state index contributed by atoms with van der Waals surface area (Å²) in [5.41, 5.74) is 1.90. The first-order valence-electron chi connectivity index (χ1n) is 5.94. The number of hydrogen-bond donors (Lipinski definition) is 0. The van der Waals surface area contributed by atoms with Gasteiger partial charge in [0.15, 0.2) is 11.5 Å². The maximum atomic E-state index is 6.54. The van der Waals surface area contributed by atoms with Gasteiger partial charge >= 0.3 is 0 Å². The number of alkyl halides is 1. The molecule has 0 radical (unpaired) electrons. The Kier molecular flexibility index (Phi) is 3.46. The SMILES string of the molecule is Cc1occc1C(Cl)c1cc2c(cc1Br)OCCO2. The van der Waals surface area contributed by atoms with E-state index in [1.165, 1.54) is 0 Å². The summed E-state index contributed by atoms with van der Waals surface area (Å²) >= 11 is 10.1. The second-order valence-corrected chi connectivity index (χ2v) is 5.60. The first-order chi connectivity index (χ1) is 9.16. The predicted octanol–water partition coefficient (Wildman–Crippen LogP) is 4.45. The van der Waals surface area contributed by atoms with Gasteiger partial charge in [0.1, 0.15) is 19.0 Å². The largest absolute Gasteiger partial charge is 0.486 e. The monoisotopic (exact) mass is 342 g/mol. The molecule has 100 valence electrons. The number of halogens is 2. The van der Waals surface area contributed by atoms with Crippen molar-refractivity contribution in [3.05, 3.63) is 45.8 Å². The Morgan fingerprint density at radius 3 is 2.47 bits per heavy atom. The van der Waals surface area contributed by atoms with Crippen LogP contribution in [0.25, 0.3) is 0 Å². The van der Waals surface area contributed by atoms with Crippen molar-refractivity contribution in [2.24, 2.45) is 0 Å². The molecule has 1 unspecified atom stereocenters. The molecule has 1 aromatic heterocycles. The summed E-state index contributed by atoms with van der Waals surface area (Å²) in [6.07, 6.45) is 1.64. The molecule has 1 aromatic carbocycles. The third-order valence-corrected chi connectivity index (χ3v) is 4.26. The van der Waals surface area contributed by atoms with Gasteiger partial charge in [0.2, 0.25) is 0 Å². The van der Waals surface area contributed by atoms with E-state index < -0.39 is 0 Å². The van der Waals surface area contributed by atoms with Gasteiger partial charge in [-0.3, -0.25) is 0 Å². The highest BCUT2D eigenvalue weighted by molar-refractivity contribution is 9.10. The first kappa shape index (κ1) is 12.9. The molecular weight excluding hydrogens is 332 g/mol. The molecule has 0 saturated heterocycles. The van der Waals surface area contributed by atoms with Crippen molar-refractivity contribution in [2.45, 2.75) is 12.3 Å². The second-order valence-electron chi connectivity index (χ2n) is 4.31. The Balaban J connectivity index is 2.03. The lowest BCUT2D eigenvalue weighted by Crippen LogP contribution is -2.15. The Hall–Kier alpha value is -1.13. The molecule has 5 heteroatoms. The fourth-order valence-electron chi connectivity index (χ4n) is 2.10. The van der Waals surface area contributed by atoms with E-state index in [-0.39, 0.29) is 5.38 Å². The first-order valence-corrected chi connectivity index (χ1v) is 7.17. The van der Waals surface area contributed by atoms with Crippen molar-refractivity contribution >= 4 is 27.5 Å². The van der Waals surface area contributed by atoms with Crippen molar-refractivity contribution in [1.82, 2.24) is 0 Å². The van der Waals surface area contributed by atoms with Crippen LogP contribution in [0.1, 0.15) is 22.3 Å². The Morgan fingerprint density at radius 1 is 1.16 bits per heavy atom. The summed E-state index contributed by atoms with van der Waals surface area (Å²) in [5, 5.41) is -0.288. The number of hydrogen-bond acceptors (Lipinski definition) is 3. The van der Waals surface area contributed by atoms with Crippen molar-refractivity contribution in [3.8, 4) is 11.5 Å². The van der Waals surface area contributed by atoms with Crippen LogP contribution in [0.15, 0.2) is 33.4 Å². The molecule has 2 heterocycles. The second kappa shape index (κ2) is 5.10. The molecule has 0 bridgehead atoms. The molecule has 1 aliphatic heterocycles. The number of rotatable bonds is 2. The molecule has 3 rings (SSSR count). The van der Waals surface area contributed by atoms with Gasteiger partial charge in [0.25, 0.3) is 0 Å². The zero-order valence-electron chi connectivity index (χ0n) is 10.3. The quantitative estimate of drug-likeness (QED) is 0.755. The number of fused-ring (bicyclic) bond motifs is 1. The lowest BCUT2D eigenvalue weighted by molar-refractivity contribution is 0.171. The lowest BCUT2D eigenvalue weighted by Gasteiger charge is -2.21. The van der Waals surface area contributed by atoms with Crippen molar-refractivity contribution in [2.75, 3.05) is 13.2 Å². The van der Waals surface area contributed by atoms with Crippen LogP contribution in [0.3, 0.4) is 0 Å². The number of ether oxygens (including phenoxy) is 2. The summed E-state index contributed by atoms with van der Waals surface area (Å²) in [6.45, 7) is 3.03. The zero-order chi connectivity index (χ0) is 13.4. The van der Waals surface area contributed by atoms with E-state index >= 15 is 0 Å². The molecule has 2 aromatic rings. The van der Waals surface area contributed by atoms with Crippen LogP contribution >= 0.6 is 27.5 Å². The molecule has 19 heavy (non-hydrogen) atoms. The Labute approximate surface area is 124 Å². The van der Waals surface area contributed by atoms with E-state index in [9.17, 15) is 0 Å². The fourth-order valence-corrected chi connectivity index (χ4v) is 3.19. The van der Waals surface area contributed by atoms with Gasteiger partial charge in [-0.15, -0.1) is 11.6 Å². The van der Waals surface area contributed by atoms with Gasteiger partial charge in [-0.25, -0.2) is 0 Å². The van der Waals surface area contributed by atoms with Crippen LogP contribution in [0, 0.1) is 6.92 Å². The molecule has 0 N–H and O–H groups in total. The Morgan fingerprint density at radius 2 is 1.84 bits per heavy atom. The number of furan rings is 1. The third kappa shape index (κ3) is 2.35. The molecule has 0 aliphatic carbocycles. The van der Waals surface area contributed by atoms with E-state index in [0.717, 1.165) is 32.9 Å². The highest BCUT2D eigenvalue weighted by Crippen LogP contribution is 2.42. The van der Waals surface area contributed by atoms with Crippen LogP contribution in [0.4, 0.5) is 0 Å². The van der Waals surface area contributed by atoms with Gasteiger partial charge in [-0.05, 0) is 30.7 Å². The average Bonchev–Trinajstić information content (AvgIpc) is 2.83. The lowest BCUT2D eigenvalue weighted by atomic mass is 10.0. The highest BCUT2D eigenvalue weighted by Gasteiger charge is 2.22. The van der Waals surface area contributed by atoms with E-state index in [1.54, 1.807) is 6.26 Å². The van der Waals surface area contributed by atoms with Gasteiger partial charge in [-0.2, -0.15) is 0 Å². The third-order valence-electron chi connectivity index (χ3n) is 3.11. The summed E-state index contributed by atoms with van der Waals surface area (Å²) < 4.78 is 17.3. The maximum Gasteiger partial charge on any atom is 0.162 e. The molecular formula is C14H12BrClO3. The molecule has 3 nitrogen and oxygen atoms in total. The Bertz CT molecular complexity index is 609. The molecule has 0 amide bonds. The molecule has 0 fully saturated rings. The number of aryl methyl sites for hydroxylation is 1. The van der Waals surface area contributed by atoms with E-state index in [0.29, 0.717) is 13.2 Å². The highest BCUT2D eigenvalue weighted by atomic mass is 79.9. The average molecular weight is 344 g/mol. The van der Waals surface area contributed by atoms with Gasteiger partial charge < -0.3 is 13.9 Å². The number of benzene rings is 1. The van der Waals surface area contributed by atoms with Crippen LogP contribution in [0.5, 0.6) is 11.5 Å². The van der Waals surface area contributed by atoms with Gasteiger partial charge in [-0.1, -0.05) is 15.9 Å². The van der Waals surface area contributed by atoms with E-state index in [4.69, 9.17) is 25.5 Å². The topological polar surface area (TPSA) is 31.6 Å². The molecule has 1 aliphatic rings. The summed E-state index contributed by atoms with van der Waals surface area (Å²) in [7, 11) is 0. The summed E-state index contributed by atoms with van der Waals surface area (Å²) in [5.74, 6) is 2.30. The van der Waals surface area contributed by atoms with Crippen LogP contribution in [0.2, 0.25) is 0 Å². The molecule has 1 atom stereocenters. The minimum Gasteiger partial charge on any atom is -0.486 e. The molecule has 0 spiro atoms. The van der Waals surface area contributed by atoms with Gasteiger partial charge in [0, 0.05) is 10.0 Å². The van der Waals surface area contributed by atoms with E-state index in [2.05, 4.69) is 15.9 Å². The van der Waals surface area contributed by atoms with E-state index in [1.807, 2.05) is 25.1 Å². The van der Waals surface area contributed by atoms with Crippen molar-refractivity contribution in [1.29, 1.82) is 0 Å². The zero-order valence-corrected chi connectivity index (χ0v) is 12.6.